The van der Waals surface area contributed by atoms with Gasteiger partial charge >= 0.3 is 6.03 Å². The number of aryl methyl sites for hydroxylation is 1. The van der Waals surface area contributed by atoms with E-state index in [-0.39, 0.29) is 24.6 Å². The SMILES string of the molecule is Cc1cc(NC(=O)N[C@@H]2[C@H]3CC[C@@H](C3)[C@H]2CO)on1. The van der Waals surface area contributed by atoms with E-state index in [0.717, 1.165) is 18.5 Å². The summed E-state index contributed by atoms with van der Waals surface area (Å²) in [4.78, 5) is 11.9. The van der Waals surface area contributed by atoms with Crippen molar-refractivity contribution < 1.29 is 14.4 Å². The van der Waals surface area contributed by atoms with Gasteiger partial charge in [0, 0.05) is 24.6 Å². The molecule has 4 atom stereocenters. The molecule has 6 nitrogen and oxygen atoms in total. The van der Waals surface area contributed by atoms with Gasteiger partial charge in [-0.25, -0.2) is 4.79 Å². The number of hydrogen-bond donors (Lipinski definition) is 3. The molecule has 0 radical (unpaired) electrons. The summed E-state index contributed by atoms with van der Waals surface area (Å²) < 4.78 is 4.94. The first-order chi connectivity index (χ1) is 9.17. The van der Waals surface area contributed by atoms with Crippen molar-refractivity contribution in [3.63, 3.8) is 0 Å². The lowest BCUT2D eigenvalue weighted by Gasteiger charge is -2.30. The van der Waals surface area contributed by atoms with E-state index >= 15 is 0 Å². The van der Waals surface area contributed by atoms with Crippen LogP contribution in [0.25, 0.3) is 0 Å². The zero-order valence-corrected chi connectivity index (χ0v) is 10.9. The predicted molar refractivity (Wildman–Crippen MR) is 68.6 cm³/mol. The number of fused-ring (bicyclic) bond motifs is 2. The highest BCUT2D eigenvalue weighted by atomic mass is 16.5. The number of anilines is 1. The minimum absolute atomic E-state index is 0.0766. The Morgan fingerprint density at radius 3 is 3.00 bits per heavy atom. The summed E-state index contributed by atoms with van der Waals surface area (Å²) in [6, 6.07) is 1.46. The van der Waals surface area contributed by atoms with Crippen LogP contribution in [0.15, 0.2) is 10.6 Å². The highest BCUT2D eigenvalue weighted by molar-refractivity contribution is 5.88. The fraction of sp³-hybridized carbons (Fsp3) is 0.692. The second-order valence-electron chi connectivity index (χ2n) is 5.64. The van der Waals surface area contributed by atoms with Crippen molar-refractivity contribution in [3.8, 4) is 0 Å². The smallest absolute Gasteiger partial charge is 0.321 e. The van der Waals surface area contributed by atoms with Crippen LogP contribution in [-0.4, -0.2) is 28.9 Å². The molecule has 2 aliphatic carbocycles. The summed E-state index contributed by atoms with van der Waals surface area (Å²) in [6.45, 7) is 1.94. The number of rotatable bonds is 3. The van der Waals surface area contributed by atoms with E-state index in [1.54, 1.807) is 13.0 Å². The highest BCUT2D eigenvalue weighted by Crippen LogP contribution is 2.48. The number of nitrogens with one attached hydrogen (secondary N) is 2. The quantitative estimate of drug-likeness (QED) is 0.773. The lowest BCUT2D eigenvalue weighted by atomic mass is 9.85. The Bertz CT molecular complexity index is 473. The maximum atomic E-state index is 11.9. The summed E-state index contributed by atoms with van der Waals surface area (Å²) >= 11 is 0. The predicted octanol–water partition coefficient (Wildman–Crippen LogP) is 1.51. The molecule has 6 heteroatoms. The summed E-state index contributed by atoms with van der Waals surface area (Å²) in [7, 11) is 0. The van der Waals surface area contributed by atoms with Gasteiger partial charge in [-0.05, 0) is 38.0 Å². The Hall–Kier alpha value is -1.56. The molecule has 2 amide bonds. The van der Waals surface area contributed by atoms with E-state index in [9.17, 15) is 9.90 Å². The maximum absolute atomic E-state index is 11.9. The van der Waals surface area contributed by atoms with Gasteiger partial charge in [0.15, 0.2) is 0 Å². The van der Waals surface area contributed by atoms with Gasteiger partial charge in [0.2, 0.25) is 5.88 Å². The van der Waals surface area contributed by atoms with Crippen LogP contribution in [0, 0.1) is 24.7 Å². The normalized spacial score (nSPS) is 32.5. The lowest BCUT2D eigenvalue weighted by Crippen LogP contribution is -2.46. The maximum Gasteiger partial charge on any atom is 0.321 e. The second-order valence-corrected chi connectivity index (χ2v) is 5.64. The number of aliphatic hydroxyl groups excluding tert-OH is 1. The van der Waals surface area contributed by atoms with Crippen molar-refractivity contribution in [3.05, 3.63) is 11.8 Å². The number of carbonyl (C=O) groups excluding carboxylic acids is 1. The van der Waals surface area contributed by atoms with Crippen LogP contribution in [0.5, 0.6) is 0 Å². The molecule has 2 saturated carbocycles. The minimum atomic E-state index is -0.285. The molecule has 2 bridgehead atoms. The number of aromatic nitrogens is 1. The zero-order valence-electron chi connectivity index (χ0n) is 10.9. The largest absolute Gasteiger partial charge is 0.396 e. The van der Waals surface area contributed by atoms with Gasteiger partial charge in [0.05, 0.1) is 5.69 Å². The molecule has 19 heavy (non-hydrogen) atoms. The molecule has 1 aromatic rings. The molecule has 1 heterocycles. The van der Waals surface area contributed by atoms with Gasteiger partial charge < -0.3 is 14.9 Å². The molecule has 0 saturated heterocycles. The standard InChI is InChI=1S/C13H19N3O3/c1-7-4-11(19-16-7)14-13(18)15-12-9-3-2-8(5-9)10(12)6-17/h4,8-10,12,17H,2-3,5-6H2,1H3,(H2,14,15,18)/t8-,9-,10+,12+/m0/s1. The first-order valence-corrected chi connectivity index (χ1v) is 6.79. The van der Waals surface area contributed by atoms with Crippen molar-refractivity contribution in [2.45, 2.75) is 32.2 Å². The second kappa shape index (κ2) is 4.85. The van der Waals surface area contributed by atoms with Crippen LogP contribution in [0.3, 0.4) is 0 Å². The van der Waals surface area contributed by atoms with E-state index < -0.39 is 0 Å². The molecule has 0 unspecified atom stereocenters. The fourth-order valence-electron chi connectivity index (χ4n) is 3.62. The number of amides is 2. The van der Waals surface area contributed by atoms with Crippen LogP contribution in [0.2, 0.25) is 0 Å². The Balaban J connectivity index is 1.60. The van der Waals surface area contributed by atoms with Crippen molar-refractivity contribution in [1.29, 1.82) is 0 Å². The van der Waals surface area contributed by atoms with Crippen LogP contribution in [0.1, 0.15) is 25.0 Å². The molecule has 2 aliphatic rings. The molecule has 1 aromatic heterocycles. The first-order valence-electron chi connectivity index (χ1n) is 6.79. The Kier molecular flexibility index (Phi) is 3.18. The highest BCUT2D eigenvalue weighted by Gasteiger charge is 2.47. The first kappa shape index (κ1) is 12.5. The molecule has 0 aromatic carbocycles. The zero-order chi connectivity index (χ0) is 13.4. The van der Waals surface area contributed by atoms with Gasteiger partial charge in [-0.2, -0.15) is 0 Å². The number of nitrogens with zero attached hydrogens (tertiary/aromatic N) is 1. The molecular formula is C13H19N3O3. The molecule has 0 aliphatic heterocycles. The van der Waals surface area contributed by atoms with E-state index in [2.05, 4.69) is 15.8 Å². The van der Waals surface area contributed by atoms with E-state index in [4.69, 9.17) is 4.52 Å². The van der Waals surface area contributed by atoms with Crippen LogP contribution >= 0.6 is 0 Å². The molecule has 0 spiro atoms. The Labute approximate surface area is 111 Å². The van der Waals surface area contributed by atoms with Gasteiger partial charge in [-0.15, -0.1) is 0 Å². The third-order valence-electron chi connectivity index (χ3n) is 4.46. The van der Waals surface area contributed by atoms with Crippen LogP contribution < -0.4 is 10.6 Å². The monoisotopic (exact) mass is 265 g/mol. The molecule has 3 rings (SSSR count). The van der Waals surface area contributed by atoms with Crippen molar-refractivity contribution in [1.82, 2.24) is 10.5 Å². The summed E-state index contributed by atoms with van der Waals surface area (Å²) in [5.74, 6) is 1.61. The third kappa shape index (κ3) is 2.32. The van der Waals surface area contributed by atoms with Crippen LogP contribution in [0.4, 0.5) is 10.7 Å². The van der Waals surface area contributed by atoms with E-state index in [1.165, 1.54) is 6.42 Å². The van der Waals surface area contributed by atoms with Gasteiger partial charge in [0.25, 0.3) is 0 Å². The lowest BCUT2D eigenvalue weighted by molar-refractivity contribution is 0.146. The van der Waals surface area contributed by atoms with Crippen molar-refractivity contribution >= 4 is 11.9 Å². The van der Waals surface area contributed by atoms with Gasteiger partial charge in [-0.3, -0.25) is 5.32 Å². The molecular weight excluding hydrogens is 246 g/mol. The Morgan fingerprint density at radius 1 is 1.53 bits per heavy atom. The third-order valence-corrected chi connectivity index (χ3v) is 4.46. The number of aliphatic hydroxyl groups is 1. The molecule has 104 valence electrons. The summed E-state index contributed by atoms with van der Waals surface area (Å²) in [5, 5.41) is 18.8. The number of urea groups is 1. The number of carbonyl (C=O) groups is 1. The minimum Gasteiger partial charge on any atom is -0.396 e. The van der Waals surface area contributed by atoms with Crippen LogP contribution in [-0.2, 0) is 0 Å². The molecule has 2 fully saturated rings. The fourth-order valence-corrected chi connectivity index (χ4v) is 3.62. The Morgan fingerprint density at radius 2 is 2.32 bits per heavy atom. The van der Waals surface area contributed by atoms with E-state index in [0.29, 0.717) is 17.7 Å². The summed E-state index contributed by atoms with van der Waals surface area (Å²) in [6.07, 6.45) is 3.45. The van der Waals surface area contributed by atoms with Crippen molar-refractivity contribution in [2.75, 3.05) is 11.9 Å². The average molecular weight is 265 g/mol. The summed E-state index contributed by atoms with van der Waals surface area (Å²) in [5.41, 5.74) is 0.725. The van der Waals surface area contributed by atoms with Crippen molar-refractivity contribution in [2.24, 2.45) is 17.8 Å². The molecule has 3 N–H and O–H groups in total. The topological polar surface area (TPSA) is 87.4 Å². The number of hydrogen-bond acceptors (Lipinski definition) is 4. The van der Waals surface area contributed by atoms with E-state index in [1.807, 2.05) is 0 Å². The van der Waals surface area contributed by atoms with Gasteiger partial charge in [-0.1, -0.05) is 5.16 Å². The average Bonchev–Trinajstić information content (AvgIpc) is 3.05. The van der Waals surface area contributed by atoms with Gasteiger partial charge in [0.1, 0.15) is 0 Å².